The molecule has 2 atom stereocenters. The number of hydrogen-bond acceptors (Lipinski definition) is 2. The molecule has 17 heavy (non-hydrogen) atoms. The van der Waals surface area contributed by atoms with Crippen molar-refractivity contribution in [2.75, 3.05) is 11.9 Å². The van der Waals surface area contributed by atoms with Gasteiger partial charge in [-0.05, 0) is 49.9 Å². The topological polar surface area (TPSA) is 38.0 Å². The third kappa shape index (κ3) is 3.14. The molecule has 1 fully saturated rings. The summed E-state index contributed by atoms with van der Waals surface area (Å²) in [6.45, 7) is 2.89. The standard InChI is InChI=1S/C14H21ClN2/c1-10-6-7-12(15)8-14(10)17-13-5-3-2-4-11(13)9-16/h6-8,11,13,17H,2-5,9,16H2,1H3. The highest BCUT2D eigenvalue weighted by Crippen LogP contribution is 2.28. The van der Waals surface area contributed by atoms with Gasteiger partial charge in [0, 0.05) is 16.8 Å². The number of aryl methyl sites for hydroxylation is 1. The molecule has 2 unspecified atom stereocenters. The lowest BCUT2D eigenvalue weighted by molar-refractivity contribution is 0.332. The number of hydrogen-bond donors (Lipinski definition) is 2. The molecule has 2 nitrogen and oxygen atoms in total. The summed E-state index contributed by atoms with van der Waals surface area (Å²) in [5, 5.41) is 4.42. The summed E-state index contributed by atoms with van der Waals surface area (Å²) in [5.74, 6) is 0.599. The van der Waals surface area contributed by atoms with Crippen molar-refractivity contribution in [2.24, 2.45) is 11.7 Å². The van der Waals surface area contributed by atoms with Gasteiger partial charge >= 0.3 is 0 Å². The van der Waals surface area contributed by atoms with Crippen LogP contribution in [-0.4, -0.2) is 12.6 Å². The Kier molecular flexibility index (Phi) is 4.30. The molecule has 0 amide bonds. The molecule has 0 saturated heterocycles. The zero-order chi connectivity index (χ0) is 12.3. The maximum absolute atomic E-state index is 6.04. The van der Waals surface area contributed by atoms with E-state index in [1.807, 2.05) is 12.1 Å². The molecule has 0 aromatic heterocycles. The van der Waals surface area contributed by atoms with Gasteiger partial charge in [0.25, 0.3) is 0 Å². The van der Waals surface area contributed by atoms with Crippen molar-refractivity contribution in [3.8, 4) is 0 Å². The monoisotopic (exact) mass is 252 g/mol. The zero-order valence-electron chi connectivity index (χ0n) is 10.4. The summed E-state index contributed by atoms with van der Waals surface area (Å²) in [6.07, 6.45) is 5.07. The molecule has 2 rings (SSSR count). The summed E-state index contributed by atoms with van der Waals surface area (Å²) in [7, 11) is 0. The van der Waals surface area contributed by atoms with Crippen LogP contribution in [0.5, 0.6) is 0 Å². The van der Waals surface area contributed by atoms with Gasteiger partial charge in [0.2, 0.25) is 0 Å². The van der Waals surface area contributed by atoms with Crippen LogP contribution in [0.2, 0.25) is 5.02 Å². The number of benzene rings is 1. The first-order valence-corrected chi connectivity index (χ1v) is 6.81. The van der Waals surface area contributed by atoms with E-state index in [1.54, 1.807) is 0 Å². The molecule has 94 valence electrons. The largest absolute Gasteiger partial charge is 0.382 e. The van der Waals surface area contributed by atoms with E-state index in [0.717, 1.165) is 17.3 Å². The second-order valence-corrected chi connectivity index (χ2v) is 5.43. The SMILES string of the molecule is Cc1ccc(Cl)cc1NC1CCCCC1CN. The van der Waals surface area contributed by atoms with Gasteiger partial charge in [-0.3, -0.25) is 0 Å². The summed E-state index contributed by atoms with van der Waals surface area (Å²) in [4.78, 5) is 0. The molecule has 0 radical (unpaired) electrons. The Morgan fingerprint density at radius 2 is 2.12 bits per heavy atom. The molecule has 0 heterocycles. The summed E-state index contributed by atoms with van der Waals surface area (Å²) in [5.41, 5.74) is 8.25. The third-order valence-electron chi connectivity index (χ3n) is 3.75. The van der Waals surface area contributed by atoms with Crippen LogP contribution in [-0.2, 0) is 0 Å². The first-order chi connectivity index (χ1) is 8.20. The van der Waals surface area contributed by atoms with Crippen molar-refractivity contribution in [3.05, 3.63) is 28.8 Å². The summed E-state index contributed by atoms with van der Waals surface area (Å²) >= 11 is 6.04. The van der Waals surface area contributed by atoms with E-state index in [1.165, 1.54) is 31.2 Å². The molecule has 1 saturated carbocycles. The lowest BCUT2D eigenvalue weighted by Crippen LogP contribution is -2.36. The highest BCUT2D eigenvalue weighted by molar-refractivity contribution is 6.30. The number of anilines is 1. The minimum absolute atomic E-state index is 0.505. The third-order valence-corrected chi connectivity index (χ3v) is 3.99. The molecule has 1 aliphatic rings. The quantitative estimate of drug-likeness (QED) is 0.863. The average Bonchev–Trinajstić information content (AvgIpc) is 2.34. The number of halogens is 1. The average molecular weight is 253 g/mol. The normalized spacial score (nSPS) is 24.6. The Labute approximate surface area is 109 Å². The molecule has 0 aliphatic heterocycles. The van der Waals surface area contributed by atoms with Gasteiger partial charge in [0.1, 0.15) is 0 Å². The molecule has 1 aliphatic carbocycles. The Balaban J connectivity index is 2.10. The molecular weight excluding hydrogens is 232 g/mol. The fraction of sp³-hybridized carbons (Fsp3) is 0.571. The Morgan fingerprint density at radius 3 is 2.88 bits per heavy atom. The second kappa shape index (κ2) is 5.74. The molecule has 3 N–H and O–H groups in total. The van der Waals surface area contributed by atoms with Crippen LogP contribution in [0.3, 0.4) is 0 Å². The molecule has 1 aromatic rings. The van der Waals surface area contributed by atoms with E-state index >= 15 is 0 Å². The van der Waals surface area contributed by atoms with Gasteiger partial charge in [-0.15, -0.1) is 0 Å². The van der Waals surface area contributed by atoms with Gasteiger partial charge in [-0.2, -0.15) is 0 Å². The predicted octanol–water partition coefficient (Wildman–Crippen LogP) is 3.58. The fourth-order valence-electron chi connectivity index (χ4n) is 2.63. The van der Waals surface area contributed by atoms with E-state index in [0.29, 0.717) is 12.0 Å². The van der Waals surface area contributed by atoms with Gasteiger partial charge in [0.15, 0.2) is 0 Å². The van der Waals surface area contributed by atoms with Crippen LogP contribution in [0.4, 0.5) is 5.69 Å². The smallest absolute Gasteiger partial charge is 0.0426 e. The van der Waals surface area contributed by atoms with Crippen LogP contribution in [0.1, 0.15) is 31.2 Å². The van der Waals surface area contributed by atoms with E-state index < -0.39 is 0 Å². The van der Waals surface area contributed by atoms with Crippen molar-refractivity contribution in [1.29, 1.82) is 0 Å². The van der Waals surface area contributed by atoms with Crippen molar-refractivity contribution < 1.29 is 0 Å². The van der Waals surface area contributed by atoms with Crippen LogP contribution in [0.25, 0.3) is 0 Å². The Bertz CT molecular complexity index is 378. The van der Waals surface area contributed by atoms with E-state index in [-0.39, 0.29) is 0 Å². The fourth-order valence-corrected chi connectivity index (χ4v) is 2.80. The van der Waals surface area contributed by atoms with Crippen molar-refractivity contribution in [2.45, 2.75) is 38.6 Å². The van der Waals surface area contributed by atoms with Crippen molar-refractivity contribution >= 4 is 17.3 Å². The maximum atomic E-state index is 6.04. The minimum atomic E-state index is 0.505. The number of rotatable bonds is 3. The predicted molar refractivity (Wildman–Crippen MR) is 74.6 cm³/mol. The van der Waals surface area contributed by atoms with Crippen LogP contribution < -0.4 is 11.1 Å². The van der Waals surface area contributed by atoms with Crippen molar-refractivity contribution in [1.82, 2.24) is 0 Å². The maximum Gasteiger partial charge on any atom is 0.0426 e. The van der Waals surface area contributed by atoms with E-state index in [2.05, 4.69) is 18.3 Å². The van der Waals surface area contributed by atoms with Crippen LogP contribution in [0.15, 0.2) is 18.2 Å². The zero-order valence-corrected chi connectivity index (χ0v) is 11.1. The van der Waals surface area contributed by atoms with Gasteiger partial charge in [-0.25, -0.2) is 0 Å². The lowest BCUT2D eigenvalue weighted by atomic mass is 9.84. The molecular formula is C14H21ClN2. The van der Waals surface area contributed by atoms with Gasteiger partial charge in [0.05, 0.1) is 0 Å². The molecule has 0 spiro atoms. The Morgan fingerprint density at radius 1 is 1.35 bits per heavy atom. The number of nitrogens with one attached hydrogen (secondary N) is 1. The first kappa shape index (κ1) is 12.7. The molecule has 3 heteroatoms. The first-order valence-electron chi connectivity index (χ1n) is 6.43. The van der Waals surface area contributed by atoms with Gasteiger partial charge in [-0.1, -0.05) is 30.5 Å². The summed E-state index contributed by atoms with van der Waals surface area (Å²) < 4.78 is 0. The number of nitrogens with two attached hydrogens (primary N) is 1. The lowest BCUT2D eigenvalue weighted by Gasteiger charge is -2.32. The van der Waals surface area contributed by atoms with Crippen LogP contribution >= 0.6 is 11.6 Å². The van der Waals surface area contributed by atoms with E-state index in [4.69, 9.17) is 17.3 Å². The highest BCUT2D eigenvalue weighted by atomic mass is 35.5. The van der Waals surface area contributed by atoms with Gasteiger partial charge < -0.3 is 11.1 Å². The Hall–Kier alpha value is -0.730. The van der Waals surface area contributed by atoms with E-state index in [9.17, 15) is 0 Å². The second-order valence-electron chi connectivity index (χ2n) is 4.99. The molecule has 0 bridgehead atoms. The molecule has 1 aromatic carbocycles. The van der Waals surface area contributed by atoms with Crippen molar-refractivity contribution in [3.63, 3.8) is 0 Å². The minimum Gasteiger partial charge on any atom is -0.382 e. The summed E-state index contributed by atoms with van der Waals surface area (Å²) in [6, 6.07) is 6.51. The van der Waals surface area contributed by atoms with Crippen LogP contribution in [0, 0.1) is 12.8 Å². The highest BCUT2D eigenvalue weighted by Gasteiger charge is 2.23.